The van der Waals surface area contributed by atoms with E-state index in [2.05, 4.69) is 30.3 Å². The molecule has 0 aliphatic carbocycles. The van der Waals surface area contributed by atoms with Crippen LogP contribution in [0.25, 0.3) is 0 Å². The summed E-state index contributed by atoms with van der Waals surface area (Å²) in [7, 11) is 0. The Morgan fingerprint density at radius 3 is 2.03 bits per heavy atom. The van der Waals surface area contributed by atoms with Crippen LogP contribution in [0.15, 0.2) is 53.6 Å². The van der Waals surface area contributed by atoms with Gasteiger partial charge in [-0.05, 0) is 47.5 Å². The molecule has 0 radical (unpaired) electrons. The Morgan fingerprint density at radius 2 is 1.47 bits per heavy atom. The largest absolute Gasteiger partial charge is 0.489 e. The molecule has 2 aromatic carbocycles. The first-order valence-electron chi connectivity index (χ1n) is 12.3. The van der Waals surface area contributed by atoms with E-state index in [-0.39, 0.29) is 5.69 Å². The Bertz CT molecular complexity index is 1210. The number of morpholine rings is 2. The fourth-order valence-corrected chi connectivity index (χ4v) is 3.91. The molecular formula is C25H28N8O5. The second-order valence-electron chi connectivity index (χ2n) is 8.61. The lowest BCUT2D eigenvalue weighted by Gasteiger charge is -2.30. The molecule has 3 heterocycles. The van der Waals surface area contributed by atoms with Gasteiger partial charge in [-0.3, -0.25) is 10.1 Å². The SMILES string of the molecule is O=[N+]([O-])c1ccc(COc2ccc(/C=N\Nc3nc(N4CCOCC4)nc(N4CCOCC4)n3)cc2)cc1. The van der Waals surface area contributed by atoms with Gasteiger partial charge in [0, 0.05) is 38.3 Å². The normalized spacial score (nSPS) is 16.0. The molecule has 2 aliphatic heterocycles. The van der Waals surface area contributed by atoms with E-state index in [1.54, 1.807) is 18.3 Å². The van der Waals surface area contributed by atoms with Crippen LogP contribution in [0, 0.1) is 10.1 Å². The van der Waals surface area contributed by atoms with Crippen molar-refractivity contribution in [2.24, 2.45) is 5.10 Å². The number of nitro groups is 1. The van der Waals surface area contributed by atoms with Gasteiger partial charge in [0.2, 0.25) is 17.8 Å². The van der Waals surface area contributed by atoms with Crippen LogP contribution < -0.4 is 20.0 Å². The van der Waals surface area contributed by atoms with Gasteiger partial charge in [-0.15, -0.1) is 0 Å². The number of rotatable bonds is 9. The summed E-state index contributed by atoms with van der Waals surface area (Å²) in [4.78, 5) is 28.4. The molecule has 198 valence electrons. The standard InChI is InChI=1S/C25H28N8O5/c34-33(35)21-5-1-20(2-6-21)18-38-22-7-3-19(4-8-22)17-26-30-23-27-24(31-9-13-36-14-10-31)29-25(28-23)32-11-15-37-16-12-32/h1-8,17H,9-16,18H2,(H,27,28,29,30)/b26-17-. The van der Waals surface area contributed by atoms with Crippen molar-refractivity contribution in [3.8, 4) is 5.75 Å². The van der Waals surface area contributed by atoms with E-state index < -0.39 is 4.92 Å². The highest BCUT2D eigenvalue weighted by Gasteiger charge is 2.20. The topological polar surface area (TPSA) is 140 Å². The lowest BCUT2D eigenvalue weighted by molar-refractivity contribution is -0.384. The highest BCUT2D eigenvalue weighted by atomic mass is 16.6. The van der Waals surface area contributed by atoms with Gasteiger partial charge in [0.05, 0.1) is 37.6 Å². The third kappa shape index (κ3) is 6.69. The molecular weight excluding hydrogens is 492 g/mol. The molecule has 5 rings (SSSR count). The average molecular weight is 521 g/mol. The Labute approximate surface area is 219 Å². The van der Waals surface area contributed by atoms with Crippen LogP contribution in [-0.2, 0) is 16.1 Å². The van der Waals surface area contributed by atoms with E-state index in [1.165, 1.54) is 12.1 Å². The molecule has 0 spiro atoms. The summed E-state index contributed by atoms with van der Waals surface area (Å²) in [6.07, 6.45) is 1.67. The van der Waals surface area contributed by atoms with Crippen molar-refractivity contribution in [2.45, 2.75) is 6.61 Å². The molecule has 3 aromatic rings. The van der Waals surface area contributed by atoms with E-state index in [0.717, 1.165) is 11.1 Å². The predicted octanol–water partition coefficient (Wildman–Crippen LogP) is 2.48. The van der Waals surface area contributed by atoms with Crippen LogP contribution in [0.5, 0.6) is 5.75 Å². The predicted molar refractivity (Wildman–Crippen MR) is 141 cm³/mol. The molecule has 13 nitrogen and oxygen atoms in total. The van der Waals surface area contributed by atoms with Gasteiger partial charge >= 0.3 is 0 Å². The number of hydrazone groups is 1. The first-order chi connectivity index (χ1) is 18.6. The molecule has 0 saturated carbocycles. The van der Waals surface area contributed by atoms with E-state index in [9.17, 15) is 10.1 Å². The molecule has 2 fully saturated rings. The first kappa shape index (κ1) is 25.3. The molecule has 38 heavy (non-hydrogen) atoms. The molecule has 1 aromatic heterocycles. The zero-order chi connectivity index (χ0) is 26.2. The maximum absolute atomic E-state index is 10.8. The van der Waals surface area contributed by atoms with Crippen molar-refractivity contribution in [3.63, 3.8) is 0 Å². The number of nitro benzene ring substituents is 1. The number of hydrogen-bond donors (Lipinski definition) is 1. The smallest absolute Gasteiger partial charge is 0.269 e. The fourth-order valence-electron chi connectivity index (χ4n) is 3.91. The molecule has 0 unspecified atom stereocenters. The number of ether oxygens (including phenoxy) is 3. The Hall–Kier alpha value is -4.36. The molecule has 0 bridgehead atoms. The van der Waals surface area contributed by atoms with Gasteiger partial charge in [-0.1, -0.05) is 0 Å². The summed E-state index contributed by atoms with van der Waals surface area (Å²) in [5.41, 5.74) is 4.69. The van der Waals surface area contributed by atoms with E-state index in [4.69, 9.17) is 19.2 Å². The summed E-state index contributed by atoms with van der Waals surface area (Å²) < 4.78 is 16.7. The van der Waals surface area contributed by atoms with Crippen molar-refractivity contribution >= 4 is 29.7 Å². The highest BCUT2D eigenvalue weighted by molar-refractivity contribution is 5.80. The third-order valence-electron chi connectivity index (χ3n) is 6.01. The zero-order valence-electron chi connectivity index (χ0n) is 20.7. The molecule has 2 aliphatic rings. The fraction of sp³-hybridized carbons (Fsp3) is 0.360. The molecule has 13 heteroatoms. The number of anilines is 3. The summed E-state index contributed by atoms with van der Waals surface area (Å²) in [6, 6.07) is 13.7. The zero-order valence-corrected chi connectivity index (χ0v) is 20.7. The minimum absolute atomic E-state index is 0.0535. The lowest BCUT2D eigenvalue weighted by atomic mass is 10.2. The molecule has 0 amide bonds. The number of aromatic nitrogens is 3. The van der Waals surface area contributed by atoms with Crippen LogP contribution in [0.3, 0.4) is 0 Å². The molecule has 0 atom stereocenters. The third-order valence-corrected chi connectivity index (χ3v) is 6.01. The van der Waals surface area contributed by atoms with Gasteiger partial charge in [0.25, 0.3) is 5.69 Å². The number of hydrogen-bond acceptors (Lipinski definition) is 12. The second kappa shape index (κ2) is 12.3. The maximum atomic E-state index is 10.8. The minimum Gasteiger partial charge on any atom is -0.489 e. The van der Waals surface area contributed by atoms with Crippen LogP contribution >= 0.6 is 0 Å². The van der Waals surface area contributed by atoms with Crippen LogP contribution in [0.2, 0.25) is 0 Å². The van der Waals surface area contributed by atoms with Crippen LogP contribution in [0.4, 0.5) is 23.5 Å². The summed E-state index contributed by atoms with van der Waals surface area (Å²) in [6.45, 7) is 5.70. The number of benzene rings is 2. The number of nitrogens with zero attached hydrogens (tertiary/aromatic N) is 7. The van der Waals surface area contributed by atoms with E-state index in [0.29, 0.717) is 82.8 Å². The first-order valence-corrected chi connectivity index (χ1v) is 12.3. The second-order valence-corrected chi connectivity index (χ2v) is 8.61. The van der Waals surface area contributed by atoms with Crippen molar-refractivity contribution in [2.75, 3.05) is 67.8 Å². The monoisotopic (exact) mass is 520 g/mol. The van der Waals surface area contributed by atoms with Crippen molar-refractivity contribution < 1.29 is 19.1 Å². The Balaban J connectivity index is 1.21. The van der Waals surface area contributed by atoms with Gasteiger partial charge in [0.1, 0.15) is 12.4 Å². The minimum atomic E-state index is -0.424. The van der Waals surface area contributed by atoms with Crippen LogP contribution in [0.1, 0.15) is 11.1 Å². The molecule has 2 saturated heterocycles. The van der Waals surface area contributed by atoms with Gasteiger partial charge in [0.15, 0.2) is 0 Å². The molecule has 1 N–H and O–H groups in total. The number of non-ortho nitro benzene ring substituents is 1. The summed E-state index contributed by atoms with van der Waals surface area (Å²) in [5.74, 6) is 2.23. The average Bonchev–Trinajstić information content (AvgIpc) is 2.98. The Morgan fingerprint density at radius 1 is 0.895 bits per heavy atom. The van der Waals surface area contributed by atoms with Gasteiger partial charge in [-0.25, -0.2) is 5.43 Å². The Kier molecular flexibility index (Phi) is 8.16. The van der Waals surface area contributed by atoms with Crippen LogP contribution in [-0.4, -0.2) is 78.7 Å². The maximum Gasteiger partial charge on any atom is 0.269 e. The van der Waals surface area contributed by atoms with E-state index >= 15 is 0 Å². The van der Waals surface area contributed by atoms with Crippen molar-refractivity contribution in [1.82, 2.24) is 15.0 Å². The van der Waals surface area contributed by atoms with E-state index in [1.807, 2.05) is 24.3 Å². The summed E-state index contributed by atoms with van der Waals surface area (Å²) >= 11 is 0. The van der Waals surface area contributed by atoms with Gasteiger partial charge < -0.3 is 24.0 Å². The van der Waals surface area contributed by atoms with Crippen molar-refractivity contribution in [1.29, 1.82) is 0 Å². The highest BCUT2D eigenvalue weighted by Crippen LogP contribution is 2.19. The van der Waals surface area contributed by atoms with Crippen molar-refractivity contribution in [3.05, 3.63) is 69.8 Å². The lowest BCUT2D eigenvalue weighted by Crippen LogP contribution is -2.40. The summed E-state index contributed by atoms with van der Waals surface area (Å²) in [5, 5.41) is 15.1. The van der Waals surface area contributed by atoms with Gasteiger partial charge in [-0.2, -0.15) is 20.1 Å². The number of nitrogens with one attached hydrogen (secondary N) is 1. The quantitative estimate of drug-likeness (QED) is 0.253.